The predicted octanol–water partition coefficient (Wildman–Crippen LogP) is 0.422. The van der Waals surface area contributed by atoms with Crippen LogP contribution in [0.1, 0.15) is 20.3 Å². The summed E-state index contributed by atoms with van der Waals surface area (Å²) in [6.07, 6.45) is -0.0910. The predicted molar refractivity (Wildman–Crippen MR) is 33.3 cm³/mol. The minimum Gasteiger partial charge on any atom is -0.374 e. The third-order valence-electron chi connectivity index (χ3n) is 1.72. The van der Waals surface area contributed by atoms with Crippen molar-refractivity contribution in [1.82, 2.24) is 5.32 Å². The molecule has 1 fully saturated rings. The van der Waals surface area contributed by atoms with Crippen LogP contribution in [-0.2, 0) is 9.53 Å². The molecule has 56 valence electrons. The van der Waals surface area contributed by atoms with Gasteiger partial charge in [0.15, 0.2) is 0 Å². The van der Waals surface area contributed by atoms with E-state index in [0.29, 0.717) is 6.42 Å². The van der Waals surface area contributed by atoms with Crippen molar-refractivity contribution in [1.29, 1.82) is 0 Å². The number of amides is 1. The summed E-state index contributed by atoms with van der Waals surface area (Å²) in [5.74, 6) is -0.486. The van der Waals surface area contributed by atoms with Crippen LogP contribution >= 0.6 is 0 Å². The Morgan fingerprint density at radius 3 is 2.40 bits per heavy atom. The zero-order valence-electron chi connectivity index (χ0n) is 5.93. The average Bonchev–Trinajstić information content (AvgIpc) is 2.09. The number of nitrogens with one attached hydrogen (secondary N) is 1. The first kappa shape index (κ1) is 7.05. The molecular formula is C6H9NO3. The van der Waals surface area contributed by atoms with Gasteiger partial charge in [0.2, 0.25) is 0 Å². The Morgan fingerprint density at radius 2 is 2.20 bits per heavy atom. The average molecular weight is 143 g/mol. The van der Waals surface area contributed by atoms with Crippen molar-refractivity contribution < 1.29 is 14.3 Å². The number of esters is 1. The maximum absolute atomic E-state index is 10.8. The molecular weight excluding hydrogens is 134 g/mol. The third kappa shape index (κ3) is 0.853. The second kappa shape index (κ2) is 1.97. The highest BCUT2D eigenvalue weighted by molar-refractivity contribution is 5.98. The molecule has 0 bridgehead atoms. The van der Waals surface area contributed by atoms with Gasteiger partial charge in [-0.25, -0.2) is 9.59 Å². The van der Waals surface area contributed by atoms with E-state index in [0.717, 1.165) is 0 Å². The van der Waals surface area contributed by atoms with Crippen molar-refractivity contribution >= 4 is 12.1 Å². The SMILES string of the molecule is CC[C@@]1(C)NC(=O)OC1=O. The van der Waals surface area contributed by atoms with Crippen LogP contribution in [0.5, 0.6) is 0 Å². The van der Waals surface area contributed by atoms with E-state index in [9.17, 15) is 9.59 Å². The van der Waals surface area contributed by atoms with Gasteiger partial charge in [-0.05, 0) is 13.3 Å². The third-order valence-corrected chi connectivity index (χ3v) is 1.72. The maximum atomic E-state index is 10.8. The molecule has 0 aromatic heterocycles. The Morgan fingerprint density at radius 1 is 1.60 bits per heavy atom. The summed E-state index contributed by atoms with van der Waals surface area (Å²) in [6.45, 7) is 3.45. The largest absolute Gasteiger partial charge is 0.415 e. The Labute approximate surface area is 58.5 Å². The summed E-state index contributed by atoms with van der Waals surface area (Å²) in [5, 5.41) is 2.42. The Bertz CT molecular complexity index is 189. The van der Waals surface area contributed by atoms with E-state index < -0.39 is 17.6 Å². The van der Waals surface area contributed by atoms with E-state index in [4.69, 9.17) is 0 Å². The highest BCUT2D eigenvalue weighted by atomic mass is 16.6. The van der Waals surface area contributed by atoms with Crippen molar-refractivity contribution in [3.8, 4) is 0 Å². The summed E-state index contributed by atoms with van der Waals surface area (Å²) in [5.41, 5.74) is -0.795. The first-order valence-electron chi connectivity index (χ1n) is 3.13. The highest BCUT2D eigenvalue weighted by Gasteiger charge is 2.42. The molecule has 1 saturated heterocycles. The fourth-order valence-corrected chi connectivity index (χ4v) is 0.731. The minimum atomic E-state index is -0.795. The lowest BCUT2D eigenvalue weighted by Crippen LogP contribution is -2.42. The van der Waals surface area contributed by atoms with Gasteiger partial charge in [-0.15, -0.1) is 0 Å². The second-order valence-electron chi connectivity index (χ2n) is 2.49. The van der Waals surface area contributed by atoms with Crippen LogP contribution in [-0.4, -0.2) is 17.6 Å². The molecule has 0 unspecified atom stereocenters. The second-order valence-corrected chi connectivity index (χ2v) is 2.49. The first-order valence-corrected chi connectivity index (χ1v) is 3.13. The van der Waals surface area contributed by atoms with E-state index in [2.05, 4.69) is 10.1 Å². The maximum Gasteiger partial charge on any atom is 0.415 e. The molecule has 1 atom stereocenters. The number of carbonyl (C=O) groups excluding carboxylic acids is 2. The number of alkyl carbamates (subject to hydrolysis) is 1. The van der Waals surface area contributed by atoms with E-state index in [1.165, 1.54) is 0 Å². The van der Waals surface area contributed by atoms with E-state index in [1.807, 2.05) is 6.92 Å². The quantitative estimate of drug-likeness (QED) is 0.427. The molecule has 1 N–H and O–H groups in total. The summed E-state index contributed by atoms with van der Waals surface area (Å²) < 4.78 is 4.28. The molecule has 10 heavy (non-hydrogen) atoms. The normalized spacial score (nSPS) is 31.8. The van der Waals surface area contributed by atoms with Gasteiger partial charge in [0.1, 0.15) is 5.54 Å². The number of carbonyl (C=O) groups is 2. The minimum absolute atomic E-state index is 0.486. The van der Waals surface area contributed by atoms with Crippen LogP contribution in [0.15, 0.2) is 0 Å². The molecule has 0 aliphatic carbocycles. The number of hydrogen-bond acceptors (Lipinski definition) is 3. The molecule has 0 aromatic carbocycles. The molecule has 1 heterocycles. The van der Waals surface area contributed by atoms with Gasteiger partial charge in [0.05, 0.1) is 0 Å². The van der Waals surface area contributed by atoms with Crippen LogP contribution in [0.3, 0.4) is 0 Å². The molecule has 0 radical (unpaired) electrons. The van der Waals surface area contributed by atoms with Gasteiger partial charge in [0, 0.05) is 0 Å². The molecule has 0 saturated carbocycles. The fourth-order valence-electron chi connectivity index (χ4n) is 0.731. The van der Waals surface area contributed by atoms with Gasteiger partial charge < -0.3 is 10.1 Å². The summed E-state index contributed by atoms with van der Waals surface area (Å²) in [4.78, 5) is 21.3. The summed E-state index contributed by atoms with van der Waals surface area (Å²) in [6, 6.07) is 0. The molecule has 1 aliphatic rings. The van der Waals surface area contributed by atoms with Crippen LogP contribution in [0.2, 0.25) is 0 Å². The van der Waals surface area contributed by atoms with Crippen LogP contribution < -0.4 is 5.32 Å². The van der Waals surface area contributed by atoms with Crippen LogP contribution in [0, 0.1) is 0 Å². The topological polar surface area (TPSA) is 55.4 Å². The van der Waals surface area contributed by atoms with Crippen LogP contribution in [0.4, 0.5) is 4.79 Å². The summed E-state index contributed by atoms with van der Waals surface area (Å²) >= 11 is 0. The zero-order chi connectivity index (χ0) is 7.78. The van der Waals surface area contributed by atoms with Gasteiger partial charge in [0.25, 0.3) is 0 Å². The Kier molecular flexibility index (Phi) is 1.39. The van der Waals surface area contributed by atoms with E-state index >= 15 is 0 Å². The molecule has 1 rings (SSSR count). The standard InChI is InChI=1S/C6H9NO3/c1-3-6(2)4(8)10-5(9)7-6/h3H2,1-2H3,(H,7,9)/t6-/m1/s1. The van der Waals surface area contributed by atoms with Gasteiger partial charge in [-0.2, -0.15) is 0 Å². The Hall–Kier alpha value is -1.06. The first-order chi connectivity index (χ1) is 4.58. The number of cyclic esters (lactones) is 2. The number of rotatable bonds is 1. The number of hydrogen-bond donors (Lipinski definition) is 1. The fraction of sp³-hybridized carbons (Fsp3) is 0.667. The molecule has 4 nitrogen and oxygen atoms in total. The van der Waals surface area contributed by atoms with Gasteiger partial charge in [-0.3, -0.25) is 0 Å². The monoisotopic (exact) mass is 143 g/mol. The Balaban J connectivity index is 2.80. The van der Waals surface area contributed by atoms with Crippen molar-refractivity contribution in [3.63, 3.8) is 0 Å². The lowest BCUT2D eigenvalue weighted by atomic mass is 10.0. The van der Waals surface area contributed by atoms with Crippen molar-refractivity contribution in [2.45, 2.75) is 25.8 Å². The summed E-state index contributed by atoms with van der Waals surface area (Å²) in [7, 11) is 0. The van der Waals surface area contributed by atoms with Crippen molar-refractivity contribution in [3.05, 3.63) is 0 Å². The van der Waals surface area contributed by atoms with Gasteiger partial charge in [-0.1, -0.05) is 6.92 Å². The molecule has 0 spiro atoms. The molecule has 1 amide bonds. The number of ether oxygens (including phenoxy) is 1. The van der Waals surface area contributed by atoms with E-state index in [1.54, 1.807) is 6.92 Å². The smallest absolute Gasteiger partial charge is 0.374 e. The molecule has 1 aliphatic heterocycles. The highest BCUT2D eigenvalue weighted by Crippen LogP contribution is 2.16. The van der Waals surface area contributed by atoms with E-state index in [-0.39, 0.29) is 0 Å². The molecule has 0 aromatic rings. The van der Waals surface area contributed by atoms with Crippen LogP contribution in [0.25, 0.3) is 0 Å². The zero-order valence-corrected chi connectivity index (χ0v) is 5.93. The lowest BCUT2D eigenvalue weighted by molar-refractivity contribution is -0.138. The lowest BCUT2D eigenvalue weighted by Gasteiger charge is -2.14. The van der Waals surface area contributed by atoms with Gasteiger partial charge >= 0.3 is 12.1 Å². The van der Waals surface area contributed by atoms with Crippen molar-refractivity contribution in [2.75, 3.05) is 0 Å². The molecule has 4 heteroatoms. The van der Waals surface area contributed by atoms with Crippen molar-refractivity contribution in [2.24, 2.45) is 0 Å².